The molecule has 0 amide bonds. The van der Waals surface area contributed by atoms with Gasteiger partial charge in [-0.1, -0.05) is 32.9 Å². The van der Waals surface area contributed by atoms with Crippen LogP contribution in [0.25, 0.3) is 0 Å². The molecule has 0 aliphatic heterocycles. The highest BCUT2D eigenvalue weighted by atomic mass is 32.2. The summed E-state index contributed by atoms with van der Waals surface area (Å²) in [5.41, 5.74) is 2.86. The predicted octanol–water partition coefficient (Wildman–Crippen LogP) is 3.14. The van der Waals surface area contributed by atoms with Crippen molar-refractivity contribution in [2.45, 2.75) is 44.9 Å². The van der Waals surface area contributed by atoms with Crippen molar-refractivity contribution in [1.82, 2.24) is 9.78 Å². The molecule has 0 aliphatic carbocycles. The number of nitrogens with zero attached hydrogens (tertiary/aromatic N) is 2. The van der Waals surface area contributed by atoms with E-state index in [2.05, 4.69) is 30.6 Å². The quantitative estimate of drug-likeness (QED) is 0.944. The molecule has 1 heterocycles. The van der Waals surface area contributed by atoms with Crippen molar-refractivity contribution >= 4 is 15.7 Å². The third-order valence-electron chi connectivity index (χ3n) is 3.71. The minimum atomic E-state index is -3.64. The van der Waals surface area contributed by atoms with Crippen molar-refractivity contribution in [1.29, 1.82) is 0 Å². The molecule has 6 heteroatoms. The third-order valence-corrected chi connectivity index (χ3v) is 5.35. The van der Waals surface area contributed by atoms with Gasteiger partial charge in [0, 0.05) is 12.7 Å². The molecule has 1 aromatic carbocycles. The number of nitrogens with one attached hydrogen (secondary N) is 1. The molecule has 1 aromatic heterocycles. The van der Waals surface area contributed by atoms with Crippen LogP contribution >= 0.6 is 0 Å². The first-order chi connectivity index (χ1) is 10.0. The van der Waals surface area contributed by atoms with Crippen LogP contribution in [-0.4, -0.2) is 18.2 Å². The van der Waals surface area contributed by atoms with Gasteiger partial charge in [0.25, 0.3) is 10.0 Å². The maximum Gasteiger partial charge on any atom is 0.265 e. The lowest BCUT2D eigenvalue weighted by Gasteiger charge is -2.19. The summed E-state index contributed by atoms with van der Waals surface area (Å²) in [4.78, 5) is 0.245. The molecule has 0 saturated heterocycles. The Morgan fingerprint density at radius 2 is 1.64 bits per heavy atom. The predicted molar refractivity (Wildman–Crippen MR) is 88.6 cm³/mol. The minimum absolute atomic E-state index is 0.0356. The van der Waals surface area contributed by atoms with Gasteiger partial charge in [0.2, 0.25) is 0 Å². The van der Waals surface area contributed by atoms with Gasteiger partial charge in [0.1, 0.15) is 4.90 Å². The molecule has 0 unspecified atom stereocenters. The van der Waals surface area contributed by atoms with Crippen LogP contribution in [0.5, 0.6) is 0 Å². The Morgan fingerprint density at radius 3 is 2.05 bits per heavy atom. The summed E-state index contributed by atoms with van der Waals surface area (Å²) in [5.74, 6) is 0. The Morgan fingerprint density at radius 1 is 1.09 bits per heavy atom. The lowest BCUT2D eigenvalue weighted by Crippen LogP contribution is -2.15. The monoisotopic (exact) mass is 321 g/mol. The summed E-state index contributed by atoms with van der Waals surface area (Å²) >= 11 is 0. The van der Waals surface area contributed by atoms with Gasteiger partial charge in [-0.05, 0) is 37.0 Å². The van der Waals surface area contributed by atoms with Gasteiger partial charge >= 0.3 is 0 Å². The average Bonchev–Trinajstić information content (AvgIpc) is 2.62. The first kappa shape index (κ1) is 16.5. The van der Waals surface area contributed by atoms with E-state index in [1.54, 1.807) is 37.7 Å². The lowest BCUT2D eigenvalue weighted by molar-refractivity contribution is 0.590. The van der Waals surface area contributed by atoms with Gasteiger partial charge in [-0.25, -0.2) is 8.42 Å². The van der Waals surface area contributed by atoms with Crippen molar-refractivity contribution in [3.8, 4) is 0 Å². The number of aromatic nitrogens is 2. The molecule has 2 rings (SSSR count). The molecule has 0 atom stereocenters. The third kappa shape index (κ3) is 3.16. The summed E-state index contributed by atoms with van der Waals surface area (Å²) in [6, 6.07) is 7.47. The van der Waals surface area contributed by atoms with Gasteiger partial charge in [-0.2, -0.15) is 5.10 Å². The van der Waals surface area contributed by atoms with Gasteiger partial charge in [0.15, 0.2) is 0 Å². The molecule has 2 aromatic rings. The second kappa shape index (κ2) is 5.43. The summed E-state index contributed by atoms with van der Waals surface area (Å²) in [6.45, 7) is 9.80. The smallest absolute Gasteiger partial charge is 0.265 e. The molecule has 0 saturated carbocycles. The van der Waals surface area contributed by atoms with Crippen LogP contribution in [0.15, 0.2) is 29.2 Å². The van der Waals surface area contributed by atoms with E-state index in [-0.39, 0.29) is 10.3 Å². The number of hydrogen-bond donors (Lipinski definition) is 1. The van der Waals surface area contributed by atoms with E-state index in [1.165, 1.54) is 0 Å². The molecule has 0 spiro atoms. The second-order valence-corrected chi connectivity index (χ2v) is 8.18. The fourth-order valence-corrected chi connectivity index (χ4v) is 3.89. The SMILES string of the molecule is Cc1nn(C)c(C)c1S(=O)(=O)Nc1ccc(C(C)(C)C)cc1. The summed E-state index contributed by atoms with van der Waals surface area (Å²) in [5, 5.41) is 4.16. The number of benzene rings is 1. The van der Waals surface area contributed by atoms with E-state index in [4.69, 9.17) is 0 Å². The Bertz CT molecular complexity index is 782. The van der Waals surface area contributed by atoms with E-state index in [0.29, 0.717) is 17.1 Å². The van der Waals surface area contributed by atoms with E-state index < -0.39 is 10.0 Å². The molecule has 120 valence electrons. The van der Waals surface area contributed by atoms with Crippen LogP contribution in [0.1, 0.15) is 37.7 Å². The van der Waals surface area contributed by atoms with Crippen LogP contribution in [0, 0.1) is 13.8 Å². The molecule has 0 aliphatic rings. The Labute approximate surface area is 132 Å². The fraction of sp³-hybridized carbons (Fsp3) is 0.438. The highest BCUT2D eigenvalue weighted by Crippen LogP contribution is 2.26. The van der Waals surface area contributed by atoms with Gasteiger partial charge in [-0.3, -0.25) is 9.40 Å². The van der Waals surface area contributed by atoms with E-state index in [9.17, 15) is 8.42 Å². The average molecular weight is 321 g/mol. The molecular weight excluding hydrogens is 298 g/mol. The molecular formula is C16H23N3O2S. The van der Waals surface area contributed by atoms with E-state index in [1.807, 2.05) is 12.1 Å². The highest BCUT2D eigenvalue weighted by molar-refractivity contribution is 7.92. The van der Waals surface area contributed by atoms with Gasteiger partial charge in [0.05, 0.1) is 11.4 Å². The minimum Gasteiger partial charge on any atom is -0.280 e. The van der Waals surface area contributed by atoms with Crippen molar-refractivity contribution < 1.29 is 8.42 Å². The van der Waals surface area contributed by atoms with Crippen molar-refractivity contribution in [2.75, 3.05) is 4.72 Å². The van der Waals surface area contributed by atoms with E-state index >= 15 is 0 Å². The van der Waals surface area contributed by atoms with Crippen LogP contribution < -0.4 is 4.72 Å². The van der Waals surface area contributed by atoms with Crippen molar-refractivity contribution in [3.05, 3.63) is 41.2 Å². The molecule has 0 radical (unpaired) electrons. The van der Waals surface area contributed by atoms with Crippen LogP contribution in [0.3, 0.4) is 0 Å². The molecule has 22 heavy (non-hydrogen) atoms. The van der Waals surface area contributed by atoms with E-state index in [0.717, 1.165) is 5.56 Å². The zero-order valence-corrected chi connectivity index (χ0v) is 14.7. The highest BCUT2D eigenvalue weighted by Gasteiger charge is 2.24. The zero-order valence-electron chi connectivity index (χ0n) is 13.9. The molecule has 0 bridgehead atoms. The topological polar surface area (TPSA) is 64.0 Å². The van der Waals surface area contributed by atoms with Gasteiger partial charge in [-0.15, -0.1) is 0 Å². The normalized spacial score (nSPS) is 12.5. The van der Waals surface area contributed by atoms with Crippen LogP contribution in [0.4, 0.5) is 5.69 Å². The molecule has 5 nitrogen and oxygen atoms in total. The van der Waals surface area contributed by atoms with Crippen LogP contribution in [0.2, 0.25) is 0 Å². The second-order valence-electron chi connectivity index (χ2n) is 6.56. The summed E-state index contributed by atoms with van der Waals surface area (Å²) in [7, 11) is -1.90. The number of rotatable bonds is 3. The summed E-state index contributed by atoms with van der Waals surface area (Å²) < 4.78 is 29.4. The number of sulfonamides is 1. The largest absolute Gasteiger partial charge is 0.280 e. The molecule has 1 N–H and O–H groups in total. The van der Waals surface area contributed by atoms with Crippen molar-refractivity contribution in [2.24, 2.45) is 7.05 Å². The number of hydrogen-bond acceptors (Lipinski definition) is 3. The molecule has 0 fully saturated rings. The standard InChI is InChI=1S/C16H23N3O2S/c1-11-15(12(2)19(6)17-11)22(20,21)18-14-9-7-13(8-10-14)16(3,4)5/h7-10,18H,1-6H3. The Balaban J connectivity index is 2.33. The van der Waals surface area contributed by atoms with Gasteiger partial charge < -0.3 is 0 Å². The number of aryl methyl sites for hydroxylation is 2. The lowest BCUT2D eigenvalue weighted by atomic mass is 9.87. The van der Waals surface area contributed by atoms with Crippen molar-refractivity contribution in [3.63, 3.8) is 0 Å². The Hall–Kier alpha value is -1.82. The fourth-order valence-electron chi connectivity index (χ4n) is 2.39. The summed E-state index contributed by atoms with van der Waals surface area (Å²) in [6.07, 6.45) is 0. The maximum atomic E-state index is 12.6. The first-order valence-corrected chi connectivity index (χ1v) is 8.64. The first-order valence-electron chi connectivity index (χ1n) is 7.16. The maximum absolute atomic E-state index is 12.6. The van der Waals surface area contributed by atoms with Crippen LogP contribution in [-0.2, 0) is 22.5 Å². The zero-order chi connectivity index (χ0) is 16.7. The Kier molecular flexibility index (Phi) is 4.08. The number of anilines is 1.